The van der Waals surface area contributed by atoms with E-state index in [1.54, 1.807) is 18.2 Å². The van der Waals surface area contributed by atoms with Crippen molar-refractivity contribution in [1.29, 1.82) is 0 Å². The van der Waals surface area contributed by atoms with Gasteiger partial charge in [-0.15, -0.1) is 0 Å². The molecule has 3 aliphatic heterocycles. The van der Waals surface area contributed by atoms with Gasteiger partial charge in [0, 0.05) is 19.6 Å². The summed E-state index contributed by atoms with van der Waals surface area (Å²) in [6, 6.07) is 4.31. The summed E-state index contributed by atoms with van der Waals surface area (Å²) in [6.07, 6.45) is 1.77. The Balaban J connectivity index is 1.44. The highest BCUT2D eigenvalue weighted by molar-refractivity contribution is 6.05. The third kappa shape index (κ3) is 2.75. The molecule has 0 saturated carbocycles. The van der Waals surface area contributed by atoms with Crippen molar-refractivity contribution < 1.29 is 23.9 Å². The number of urea groups is 1. The summed E-state index contributed by atoms with van der Waals surface area (Å²) >= 11 is 0. The first-order valence-electron chi connectivity index (χ1n) is 8.51. The Morgan fingerprint density at radius 2 is 2.08 bits per heavy atom. The van der Waals surface area contributed by atoms with E-state index in [-0.39, 0.29) is 24.1 Å². The monoisotopic (exact) mass is 358 g/mol. The van der Waals surface area contributed by atoms with E-state index < -0.39 is 24.5 Å². The van der Waals surface area contributed by atoms with Crippen LogP contribution in [0.5, 0.6) is 0 Å². The Kier molecular flexibility index (Phi) is 3.98. The molecule has 136 valence electrons. The smallest absolute Gasteiger partial charge is 0.338 e. The first-order chi connectivity index (χ1) is 12.5. The zero-order valence-electron chi connectivity index (χ0n) is 14.0. The highest BCUT2D eigenvalue weighted by Gasteiger charge is 2.36. The second-order valence-corrected chi connectivity index (χ2v) is 6.43. The summed E-state index contributed by atoms with van der Waals surface area (Å²) < 4.78 is 5.02. The van der Waals surface area contributed by atoms with Gasteiger partial charge in [0.2, 0.25) is 5.91 Å². The van der Waals surface area contributed by atoms with Gasteiger partial charge >= 0.3 is 12.0 Å². The number of fused-ring (bicyclic) bond motifs is 3. The van der Waals surface area contributed by atoms with Crippen LogP contribution in [0.2, 0.25) is 0 Å². The van der Waals surface area contributed by atoms with Crippen LogP contribution in [0.15, 0.2) is 18.2 Å². The summed E-state index contributed by atoms with van der Waals surface area (Å²) in [4.78, 5) is 50.8. The van der Waals surface area contributed by atoms with Crippen molar-refractivity contribution in [3.05, 3.63) is 23.8 Å². The van der Waals surface area contributed by atoms with Gasteiger partial charge in [-0.1, -0.05) is 0 Å². The summed E-state index contributed by atoms with van der Waals surface area (Å²) in [5.74, 6) is -1.33. The van der Waals surface area contributed by atoms with Gasteiger partial charge < -0.3 is 20.3 Å². The maximum Gasteiger partial charge on any atom is 0.338 e. The van der Waals surface area contributed by atoms with E-state index in [1.165, 1.54) is 0 Å². The van der Waals surface area contributed by atoms with Crippen LogP contribution in [0.3, 0.4) is 0 Å². The van der Waals surface area contributed by atoms with Crippen molar-refractivity contribution in [2.24, 2.45) is 0 Å². The number of anilines is 2. The minimum absolute atomic E-state index is 0.0734. The number of esters is 1. The normalized spacial score (nSPS) is 21.0. The van der Waals surface area contributed by atoms with Crippen molar-refractivity contribution >= 4 is 35.2 Å². The fourth-order valence-corrected chi connectivity index (χ4v) is 3.56. The molecule has 2 saturated heterocycles. The lowest BCUT2D eigenvalue weighted by Gasteiger charge is -2.33. The molecule has 4 rings (SSSR count). The Morgan fingerprint density at radius 3 is 2.85 bits per heavy atom. The molecule has 2 N–H and O–H groups in total. The number of carbonyl (C=O) groups is 4. The van der Waals surface area contributed by atoms with Crippen LogP contribution < -0.4 is 15.5 Å². The highest BCUT2D eigenvalue weighted by Crippen LogP contribution is 2.37. The van der Waals surface area contributed by atoms with E-state index in [2.05, 4.69) is 10.6 Å². The van der Waals surface area contributed by atoms with Crippen LogP contribution in [0.4, 0.5) is 16.2 Å². The maximum atomic E-state index is 12.2. The van der Waals surface area contributed by atoms with Gasteiger partial charge in [-0.3, -0.25) is 14.5 Å². The molecule has 0 bridgehead atoms. The van der Waals surface area contributed by atoms with Crippen molar-refractivity contribution in [3.63, 3.8) is 0 Å². The minimum Gasteiger partial charge on any atom is -0.452 e. The lowest BCUT2D eigenvalue weighted by Crippen LogP contribution is -2.43. The molecular weight excluding hydrogens is 340 g/mol. The zero-order valence-corrected chi connectivity index (χ0v) is 14.0. The summed E-state index contributed by atoms with van der Waals surface area (Å²) in [7, 11) is 0. The topological polar surface area (TPSA) is 108 Å². The minimum atomic E-state index is -0.682. The second-order valence-electron chi connectivity index (χ2n) is 6.43. The van der Waals surface area contributed by atoms with Crippen molar-refractivity contribution in [3.8, 4) is 0 Å². The van der Waals surface area contributed by atoms with Gasteiger partial charge in [0.15, 0.2) is 6.61 Å². The Bertz CT molecular complexity index is 808. The number of amides is 4. The van der Waals surface area contributed by atoms with Crippen LogP contribution in [0.25, 0.3) is 0 Å². The molecule has 4 amide bonds. The SMILES string of the molecule is O=C(OCC(=O)N1CCNC1=O)c1ccc2c(c1)NC(=O)[C@@H]1CCCN21. The molecule has 0 radical (unpaired) electrons. The summed E-state index contributed by atoms with van der Waals surface area (Å²) in [6.45, 7) is 0.947. The number of hydrogen-bond acceptors (Lipinski definition) is 6. The number of carbonyl (C=O) groups excluding carboxylic acids is 4. The van der Waals surface area contributed by atoms with Crippen LogP contribution in [-0.4, -0.2) is 61.0 Å². The molecule has 1 aromatic carbocycles. The average molecular weight is 358 g/mol. The predicted molar refractivity (Wildman–Crippen MR) is 90.8 cm³/mol. The number of rotatable bonds is 3. The van der Waals surface area contributed by atoms with Gasteiger partial charge in [-0.05, 0) is 31.0 Å². The molecular formula is C17H18N4O5. The Labute approximate surface area is 149 Å². The number of nitrogens with one attached hydrogen (secondary N) is 2. The molecule has 0 aliphatic carbocycles. The second kappa shape index (κ2) is 6.32. The van der Waals surface area contributed by atoms with Gasteiger partial charge in [-0.25, -0.2) is 9.59 Å². The Morgan fingerprint density at radius 1 is 1.23 bits per heavy atom. The van der Waals surface area contributed by atoms with Gasteiger partial charge in [-0.2, -0.15) is 0 Å². The molecule has 0 aromatic heterocycles. The molecule has 1 atom stereocenters. The lowest BCUT2D eigenvalue weighted by atomic mass is 10.1. The van der Waals surface area contributed by atoms with Crippen LogP contribution in [0, 0.1) is 0 Å². The third-order valence-electron chi connectivity index (χ3n) is 4.84. The molecule has 0 spiro atoms. The summed E-state index contributed by atoms with van der Waals surface area (Å²) in [5, 5.41) is 5.33. The van der Waals surface area contributed by atoms with E-state index in [0.29, 0.717) is 12.2 Å². The first-order valence-corrected chi connectivity index (χ1v) is 8.51. The standard InChI is InChI=1S/C17H18N4O5/c22-14(21-7-5-18-17(21)25)9-26-16(24)10-3-4-12-11(8-10)19-15(23)13-2-1-6-20(12)13/h3-4,8,13H,1-2,5-7,9H2,(H,18,25)(H,19,23)/t13-/m0/s1. The molecule has 0 unspecified atom stereocenters. The van der Waals surface area contributed by atoms with Crippen LogP contribution >= 0.6 is 0 Å². The van der Waals surface area contributed by atoms with Gasteiger partial charge in [0.05, 0.1) is 16.9 Å². The largest absolute Gasteiger partial charge is 0.452 e. The van der Waals surface area contributed by atoms with E-state index in [0.717, 1.165) is 30.0 Å². The number of nitrogens with zero attached hydrogens (tertiary/aromatic N) is 2. The zero-order chi connectivity index (χ0) is 18.3. The number of ether oxygens (including phenoxy) is 1. The first kappa shape index (κ1) is 16.4. The van der Waals surface area contributed by atoms with E-state index >= 15 is 0 Å². The number of benzene rings is 1. The highest BCUT2D eigenvalue weighted by atomic mass is 16.5. The molecule has 9 nitrogen and oxygen atoms in total. The fourth-order valence-electron chi connectivity index (χ4n) is 3.56. The molecule has 26 heavy (non-hydrogen) atoms. The van der Waals surface area contributed by atoms with Crippen LogP contribution in [-0.2, 0) is 14.3 Å². The third-order valence-corrected chi connectivity index (χ3v) is 4.84. The fraction of sp³-hybridized carbons (Fsp3) is 0.412. The quantitative estimate of drug-likeness (QED) is 0.753. The van der Waals surface area contributed by atoms with Crippen molar-refractivity contribution in [2.75, 3.05) is 36.5 Å². The molecule has 3 heterocycles. The molecule has 2 fully saturated rings. The summed E-state index contributed by atoms with van der Waals surface area (Å²) in [5.41, 5.74) is 1.68. The van der Waals surface area contributed by atoms with Crippen molar-refractivity contribution in [2.45, 2.75) is 18.9 Å². The molecule has 3 aliphatic rings. The van der Waals surface area contributed by atoms with Crippen LogP contribution in [0.1, 0.15) is 23.2 Å². The van der Waals surface area contributed by atoms with E-state index in [1.807, 2.05) is 4.90 Å². The predicted octanol–water partition coefficient (Wildman–Crippen LogP) is 0.316. The van der Waals surface area contributed by atoms with Gasteiger partial charge in [0.25, 0.3) is 5.91 Å². The maximum absolute atomic E-state index is 12.2. The number of hydrogen-bond donors (Lipinski definition) is 2. The Hall–Kier alpha value is -3.10. The average Bonchev–Trinajstić information content (AvgIpc) is 3.28. The van der Waals surface area contributed by atoms with E-state index in [9.17, 15) is 19.2 Å². The molecule has 1 aromatic rings. The number of imide groups is 1. The van der Waals surface area contributed by atoms with Crippen molar-refractivity contribution in [1.82, 2.24) is 10.2 Å². The van der Waals surface area contributed by atoms with Gasteiger partial charge in [0.1, 0.15) is 6.04 Å². The molecule has 9 heteroatoms. The van der Waals surface area contributed by atoms with E-state index in [4.69, 9.17) is 4.74 Å². The lowest BCUT2D eigenvalue weighted by molar-refractivity contribution is -0.130.